The summed E-state index contributed by atoms with van der Waals surface area (Å²) in [6.45, 7) is 2.10. The van der Waals surface area contributed by atoms with Gasteiger partial charge >= 0.3 is 0 Å². The SMILES string of the molecule is CC(N)(CC1CCCC1)c1ccccc1Cl. The van der Waals surface area contributed by atoms with Crippen LogP contribution >= 0.6 is 11.6 Å². The lowest BCUT2D eigenvalue weighted by Crippen LogP contribution is -2.35. The van der Waals surface area contributed by atoms with Gasteiger partial charge in [-0.3, -0.25) is 0 Å². The molecule has 1 aliphatic carbocycles. The molecule has 0 saturated heterocycles. The molecular weight excluding hydrogens is 218 g/mol. The van der Waals surface area contributed by atoms with Crippen molar-refractivity contribution < 1.29 is 0 Å². The van der Waals surface area contributed by atoms with Crippen LogP contribution in [0.1, 0.15) is 44.6 Å². The first-order valence-electron chi connectivity index (χ1n) is 6.13. The highest BCUT2D eigenvalue weighted by atomic mass is 35.5. The number of nitrogens with two attached hydrogens (primary N) is 1. The lowest BCUT2D eigenvalue weighted by atomic mass is 9.83. The van der Waals surface area contributed by atoms with E-state index in [-0.39, 0.29) is 5.54 Å². The Bertz CT molecular complexity index is 354. The third kappa shape index (κ3) is 2.58. The van der Waals surface area contributed by atoms with Gasteiger partial charge in [-0.2, -0.15) is 0 Å². The lowest BCUT2D eigenvalue weighted by molar-refractivity contribution is 0.349. The summed E-state index contributed by atoms with van der Waals surface area (Å²) in [5.41, 5.74) is 7.24. The van der Waals surface area contributed by atoms with Crippen LogP contribution in [0, 0.1) is 5.92 Å². The minimum atomic E-state index is -0.284. The predicted octanol–water partition coefficient (Wildman–Crippen LogP) is 4.09. The highest BCUT2D eigenvalue weighted by Crippen LogP contribution is 2.37. The molecule has 2 heteroatoms. The molecule has 2 N–H and O–H groups in total. The standard InChI is InChI=1S/C14H20ClN/c1-14(16,10-11-6-2-3-7-11)12-8-4-5-9-13(12)15/h4-5,8-9,11H,2-3,6-7,10,16H2,1H3. The van der Waals surface area contributed by atoms with Gasteiger partial charge in [0, 0.05) is 10.6 Å². The van der Waals surface area contributed by atoms with Crippen LogP contribution in [0.3, 0.4) is 0 Å². The molecular formula is C14H20ClN. The summed E-state index contributed by atoms with van der Waals surface area (Å²) in [5.74, 6) is 0.784. The third-order valence-electron chi connectivity index (χ3n) is 3.68. The van der Waals surface area contributed by atoms with Crippen LogP contribution in [0.5, 0.6) is 0 Å². The first-order valence-corrected chi connectivity index (χ1v) is 6.51. The molecule has 1 aliphatic rings. The second-order valence-corrected chi connectivity index (χ2v) is 5.66. The maximum absolute atomic E-state index is 6.43. The summed E-state index contributed by atoms with van der Waals surface area (Å²) < 4.78 is 0. The van der Waals surface area contributed by atoms with Crippen molar-refractivity contribution in [2.45, 2.75) is 44.6 Å². The minimum Gasteiger partial charge on any atom is -0.322 e. The van der Waals surface area contributed by atoms with Gasteiger partial charge in [0.05, 0.1) is 0 Å². The molecule has 1 aromatic carbocycles. The van der Waals surface area contributed by atoms with Crippen molar-refractivity contribution in [2.24, 2.45) is 11.7 Å². The molecule has 0 aromatic heterocycles. The van der Waals surface area contributed by atoms with Crippen LogP contribution < -0.4 is 5.73 Å². The first-order chi connectivity index (χ1) is 7.59. The summed E-state index contributed by atoms with van der Waals surface area (Å²) in [7, 11) is 0. The van der Waals surface area contributed by atoms with Crippen LogP contribution in [-0.4, -0.2) is 0 Å². The fourth-order valence-corrected chi connectivity index (χ4v) is 3.20. The molecule has 0 amide bonds. The molecule has 16 heavy (non-hydrogen) atoms. The zero-order valence-electron chi connectivity index (χ0n) is 9.88. The maximum Gasteiger partial charge on any atom is 0.0456 e. The maximum atomic E-state index is 6.43. The van der Waals surface area contributed by atoms with Crippen molar-refractivity contribution in [1.82, 2.24) is 0 Å². The molecule has 1 nitrogen and oxygen atoms in total. The Labute approximate surface area is 103 Å². The van der Waals surface area contributed by atoms with E-state index in [2.05, 4.69) is 13.0 Å². The Balaban J connectivity index is 2.14. The average Bonchev–Trinajstić information content (AvgIpc) is 2.70. The van der Waals surface area contributed by atoms with Gasteiger partial charge in [0.25, 0.3) is 0 Å². The van der Waals surface area contributed by atoms with Gasteiger partial charge in [-0.05, 0) is 30.9 Å². The molecule has 1 fully saturated rings. The molecule has 0 heterocycles. The Morgan fingerprint density at radius 1 is 1.31 bits per heavy atom. The quantitative estimate of drug-likeness (QED) is 0.842. The molecule has 1 aromatic rings. The number of hydrogen-bond donors (Lipinski definition) is 1. The van der Waals surface area contributed by atoms with E-state index < -0.39 is 0 Å². The second-order valence-electron chi connectivity index (χ2n) is 5.25. The predicted molar refractivity (Wildman–Crippen MR) is 69.6 cm³/mol. The van der Waals surface area contributed by atoms with Crippen LogP contribution in [0.25, 0.3) is 0 Å². The van der Waals surface area contributed by atoms with Crippen molar-refractivity contribution >= 4 is 11.6 Å². The highest BCUT2D eigenvalue weighted by Gasteiger charge is 2.28. The molecule has 0 bridgehead atoms. The molecule has 1 saturated carbocycles. The van der Waals surface area contributed by atoms with E-state index in [1.165, 1.54) is 25.7 Å². The zero-order chi connectivity index (χ0) is 11.6. The largest absolute Gasteiger partial charge is 0.322 e. The number of halogens is 1. The Morgan fingerprint density at radius 2 is 1.94 bits per heavy atom. The minimum absolute atomic E-state index is 0.284. The Morgan fingerprint density at radius 3 is 2.56 bits per heavy atom. The van der Waals surface area contributed by atoms with Gasteiger partial charge in [-0.15, -0.1) is 0 Å². The van der Waals surface area contributed by atoms with E-state index in [4.69, 9.17) is 17.3 Å². The zero-order valence-corrected chi connectivity index (χ0v) is 10.6. The molecule has 1 atom stereocenters. The normalized spacial score (nSPS) is 20.9. The summed E-state index contributed by atoms with van der Waals surface area (Å²) >= 11 is 6.21. The smallest absolute Gasteiger partial charge is 0.0456 e. The van der Waals surface area contributed by atoms with Crippen molar-refractivity contribution in [3.63, 3.8) is 0 Å². The van der Waals surface area contributed by atoms with E-state index in [9.17, 15) is 0 Å². The molecule has 0 radical (unpaired) electrons. The van der Waals surface area contributed by atoms with Crippen LogP contribution in [0.2, 0.25) is 5.02 Å². The van der Waals surface area contributed by atoms with Gasteiger partial charge in [0.1, 0.15) is 0 Å². The Kier molecular flexibility index (Phi) is 3.56. The topological polar surface area (TPSA) is 26.0 Å². The highest BCUT2D eigenvalue weighted by molar-refractivity contribution is 6.31. The summed E-state index contributed by atoms with van der Waals surface area (Å²) in [4.78, 5) is 0. The second kappa shape index (κ2) is 4.77. The molecule has 0 aliphatic heterocycles. The third-order valence-corrected chi connectivity index (χ3v) is 4.01. The van der Waals surface area contributed by atoms with Gasteiger partial charge in [-0.1, -0.05) is 55.5 Å². The number of rotatable bonds is 3. The fraction of sp³-hybridized carbons (Fsp3) is 0.571. The molecule has 0 spiro atoms. The van der Waals surface area contributed by atoms with Gasteiger partial charge in [0.15, 0.2) is 0 Å². The van der Waals surface area contributed by atoms with Crippen LogP contribution in [0.15, 0.2) is 24.3 Å². The van der Waals surface area contributed by atoms with Crippen molar-refractivity contribution in [1.29, 1.82) is 0 Å². The lowest BCUT2D eigenvalue weighted by Gasteiger charge is -2.29. The van der Waals surface area contributed by atoms with E-state index >= 15 is 0 Å². The monoisotopic (exact) mass is 237 g/mol. The van der Waals surface area contributed by atoms with Crippen LogP contribution in [-0.2, 0) is 5.54 Å². The first kappa shape index (κ1) is 11.9. The van der Waals surface area contributed by atoms with Gasteiger partial charge in [0.2, 0.25) is 0 Å². The molecule has 2 rings (SSSR count). The van der Waals surface area contributed by atoms with E-state index in [0.29, 0.717) is 0 Å². The van der Waals surface area contributed by atoms with Crippen molar-refractivity contribution in [3.05, 3.63) is 34.9 Å². The summed E-state index contributed by atoms with van der Waals surface area (Å²) in [6, 6.07) is 7.95. The molecule has 1 unspecified atom stereocenters. The number of hydrogen-bond acceptors (Lipinski definition) is 1. The average molecular weight is 238 g/mol. The van der Waals surface area contributed by atoms with E-state index in [1.54, 1.807) is 0 Å². The summed E-state index contributed by atoms with van der Waals surface area (Å²) in [5, 5.41) is 0.797. The Hall–Kier alpha value is -0.530. The van der Waals surface area contributed by atoms with Gasteiger partial charge in [-0.25, -0.2) is 0 Å². The van der Waals surface area contributed by atoms with Gasteiger partial charge < -0.3 is 5.73 Å². The van der Waals surface area contributed by atoms with Crippen LogP contribution in [0.4, 0.5) is 0 Å². The molecule has 88 valence electrons. The van der Waals surface area contributed by atoms with Crippen molar-refractivity contribution in [3.8, 4) is 0 Å². The van der Waals surface area contributed by atoms with E-state index in [1.807, 2.05) is 18.2 Å². The summed E-state index contributed by atoms with van der Waals surface area (Å²) in [6.07, 6.45) is 6.44. The fourth-order valence-electron chi connectivity index (χ4n) is 2.85. The number of benzene rings is 1. The van der Waals surface area contributed by atoms with E-state index in [0.717, 1.165) is 22.9 Å². The van der Waals surface area contributed by atoms with Crippen molar-refractivity contribution in [2.75, 3.05) is 0 Å².